The molecule has 1 fully saturated rings. The lowest BCUT2D eigenvalue weighted by molar-refractivity contribution is -0.123. The average Bonchev–Trinajstić information content (AvgIpc) is 2.83. The van der Waals surface area contributed by atoms with Crippen molar-refractivity contribution >= 4 is 23.0 Å². The number of hydrogen-bond donors (Lipinski definition) is 1. The summed E-state index contributed by atoms with van der Waals surface area (Å²) >= 11 is 1.47. The second-order valence-corrected chi connectivity index (χ2v) is 5.30. The van der Waals surface area contributed by atoms with Crippen molar-refractivity contribution < 1.29 is 9.59 Å². The molecule has 0 aromatic carbocycles. The number of primary amides is 1. The van der Waals surface area contributed by atoms with Gasteiger partial charge >= 0.3 is 0 Å². The number of nitrogens with zero attached hydrogens (tertiary/aromatic N) is 1. The van der Waals surface area contributed by atoms with E-state index in [-0.39, 0.29) is 17.6 Å². The lowest BCUT2D eigenvalue weighted by atomic mass is 9.96. The molecule has 4 nitrogen and oxygen atoms in total. The van der Waals surface area contributed by atoms with Crippen LogP contribution in [0.15, 0.2) is 17.5 Å². The van der Waals surface area contributed by atoms with Gasteiger partial charge in [-0.1, -0.05) is 6.07 Å². The van der Waals surface area contributed by atoms with Gasteiger partial charge in [-0.3, -0.25) is 14.5 Å². The molecule has 5 heteroatoms. The fraction of sp³-hybridized carbons (Fsp3) is 0.500. The van der Waals surface area contributed by atoms with E-state index in [1.54, 1.807) is 0 Å². The molecule has 0 aliphatic carbocycles. The maximum atomic E-state index is 11.9. The van der Waals surface area contributed by atoms with Crippen LogP contribution in [0.3, 0.4) is 0 Å². The largest absolute Gasteiger partial charge is 0.369 e. The molecule has 1 saturated heterocycles. The second kappa shape index (κ2) is 5.42. The number of ketones is 1. The highest BCUT2D eigenvalue weighted by molar-refractivity contribution is 7.12. The number of nitrogens with two attached hydrogens (primary N) is 1. The number of piperidine rings is 1. The van der Waals surface area contributed by atoms with Crippen LogP contribution in [0.1, 0.15) is 22.5 Å². The maximum Gasteiger partial charge on any atom is 0.220 e. The van der Waals surface area contributed by atoms with Crippen molar-refractivity contribution in [2.24, 2.45) is 11.7 Å². The van der Waals surface area contributed by atoms with E-state index in [0.717, 1.165) is 30.8 Å². The van der Waals surface area contributed by atoms with Crippen molar-refractivity contribution in [3.8, 4) is 0 Å². The molecule has 2 rings (SSSR count). The maximum absolute atomic E-state index is 11.9. The summed E-state index contributed by atoms with van der Waals surface area (Å²) in [7, 11) is 0. The van der Waals surface area contributed by atoms with E-state index in [2.05, 4.69) is 4.90 Å². The van der Waals surface area contributed by atoms with Crippen LogP contribution in [-0.4, -0.2) is 36.2 Å². The first kappa shape index (κ1) is 12.3. The lowest BCUT2D eigenvalue weighted by Crippen LogP contribution is -2.40. The molecule has 1 aromatic rings. The molecule has 0 atom stereocenters. The van der Waals surface area contributed by atoms with Gasteiger partial charge in [0.1, 0.15) is 0 Å². The molecule has 17 heavy (non-hydrogen) atoms. The number of hydrogen-bond acceptors (Lipinski definition) is 4. The first-order valence-electron chi connectivity index (χ1n) is 5.75. The van der Waals surface area contributed by atoms with Gasteiger partial charge in [0.05, 0.1) is 11.4 Å². The Kier molecular flexibility index (Phi) is 3.91. The summed E-state index contributed by atoms with van der Waals surface area (Å²) in [6, 6.07) is 3.74. The number of rotatable bonds is 4. The fourth-order valence-corrected chi connectivity index (χ4v) is 2.75. The fourth-order valence-electron chi connectivity index (χ4n) is 2.09. The molecule has 1 aliphatic heterocycles. The molecule has 1 amide bonds. The van der Waals surface area contributed by atoms with Crippen LogP contribution in [0.25, 0.3) is 0 Å². The molecule has 0 unspecified atom stereocenters. The van der Waals surface area contributed by atoms with Crippen molar-refractivity contribution in [2.45, 2.75) is 12.8 Å². The Morgan fingerprint density at radius 1 is 1.41 bits per heavy atom. The van der Waals surface area contributed by atoms with Gasteiger partial charge < -0.3 is 5.73 Å². The van der Waals surface area contributed by atoms with Crippen LogP contribution in [0.4, 0.5) is 0 Å². The third-order valence-corrected chi connectivity index (χ3v) is 4.06. The van der Waals surface area contributed by atoms with Crippen molar-refractivity contribution in [2.75, 3.05) is 19.6 Å². The van der Waals surface area contributed by atoms with E-state index >= 15 is 0 Å². The summed E-state index contributed by atoms with van der Waals surface area (Å²) in [4.78, 5) is 25.8. The Hall–Kier alpha value is -1.20. The predicted octanol–water partition coefficient (Wildman–Crippen LogP) is 1.13. The first-order valence-corrected chi connectivity index (χ1v) is 6.63. The quantitative estimate of drug-likeness (QED) is 0.817. The molecule has 0 bridgehead atoms. The molecule has 0 radical (unpaired) electrons. The van der Waals surface area contributed by atoms with Gasteiger partial charge in [-0.2, -0.15) is 0 Å². The molecule has 0 spiro atoms. The number of carbonyl (C=O) groups is 2. The van der Waals surface area contributed by atoms with Crippen molar-refractivity contribution in [3.05, 3.63) is 22.4 Å². The Morgan fingerprint density at radius 3 is 2.65 bits per heavy atom. The monoisotopic (exact) mass is 252 g/mol. The Bertz CT molecular complexity index is 395. The zero-order valence-electron chi connectivity index (χ0n) is 9.59. The van der Waals surface area contributed by atoms with Gasteiger partial charge in [0.2, 0.25) is 5.91 Å². The van der Waals surface area contributed by atoms with E-state index in [0.29, 0.717) is 6.54 Å². The molecule has 0 saturated carbocycles. The van der Waals surface area contributed by atoms with Crippen molar-refractivity contribution in [1.29, 1.82) is 0 Å². The minimum Gasteiger partial charge on any atom is -0.369 e. The van der Waals surface area contributed by atoms with Crippen LogP contribution in [0.2, 0.25) is 0 Å². The number of amides is 1. The van der Waals surface area contributed by atoms with E-state index < -0.39 is 0 Å². The summed E-state index contributed by atoms with van der Waals surface area (Å²) in [6.07, 6.45) is 1.54. The second-order valence-electron chi connectivity index (χ2n) is 4.35. The van der Waals surface area contributed by atoms with Gasteiger partial charge in [0, 0.05) is 5.92 Å². The molecular weight excluding hydrogens is 236 g/mol. The van der Waals surface area contributed by atoms with Gasteiger partial charge in [-0.15, -0.1) is 11.3 Å². The third kappa shape index (κ3) is 3.14. The number of thiophene rings is 1. The first-order chi connectivity index (χ1) is 8.16. The standard InChI is InChI=1S/C12H16N2O2S/c13-12(16)9-3-5-14(6-4-9)8-10(15)11-2-1-7-17-11/h1-2,7,9H,3-6,8H2,(H2,13,16). The number of carbonyl (C=O) groups excluding carboxylic acids is 2. The Balaban J connectivity index is 1.82. The van der Waals surface area contributed by atoms with Crippen LogP contribution in [-0.2, 0) is 4.79 Å². The van der Waals surface area contributed by atoms with Crippen molar-refractivity contribution in [3.63, 3.8) is 0 Å². The molecule has 2 N–H and O–H groups in total. The van der Waals surface area contributed by atoms with Crippen LogP contribution < -0.4 is 5.73 Å². The SMILES string of the molecule is NC(=O)C1CCN(CC(=O)c2cccs2)CC1. The lowest BCUT2D eigenvalue weighted by Gasteiger charge is -2.29. The van der Waals surface area contributed by atoms with Crippen LogP contribution in [0.5, 0.6) is 0 Å². The summed E-state index contributed by atoms with van der Waals surface area (Å²) < 4.78 is 0. The summed E-state index contributed by atoms with van der Waals surface area (Å²) in [5.74, 6) is -0.0603. The molecule has 2 heterocycles. The normalized spacial score (nSPS) is 18.1. The highest BCUT2D eigenvalue weighted by Crippen LogP contribution is 2.17. The minimum absolute atomic E-state index is 0.0110. The van der Waals surface area contributed by atoms with Gasteiger partial charge in [0.15, 0.2) is 5.78 Å². The van der Waals surface area contributed by atoms with Crippen molar-refractivity contribution in [1.82, 2.24) is 4.90 Å². The van der Waals surface area contributed by atoms with Gasteiger partial charge in [-0.25, -0.2) is 0 Å². The van der Waals surface area contributed by atoms with Crippen LogP contribution >= 0.6 is 11.3 Å². The smallest absolute Gasteiger partial charge is 0.220 e. The Morgan fingerprint density at radius 2 is 2.12 bits per heavy atom. The minimum atomic E-state index is -0.214. The summed E-state index contributed by atoms with van der Waals surface area (Å²) in [6.45, 7) is 2.02. The molecule has 92 valence electrons. The molecular formula is C12H16N2O2S. The topological polar surface area (TPSA) is 63.4 Å². The molecule has 1 aromatic heterocycles. The summed E-state index contributed by atoms with van der Waals surface area (Å²) in [5.41, 5.74) is 5.27. The zero-order valence-corrected chi connectivity index (χ0v) is 10.4. The predicted molar refractivity (Wildman–Crippen MR) is 67.0 cm³/mol. The third-order valence-electron chi connectivity index (χ3n) is 3.15. The average molecular weight is 252 g/mol. The van der Waals surface area contributed by atoms with E-state index in [9.17, 15) is 9.59 Å². The highest BCUT2D eigenvalue weighted by atomic mass is 32.1. The zero-order chi connectivity index (χ0) is 12.3. The highest BCUT2D eigenvalue weighted by Gasteiger charge is 2.24. The molecule has 1 aliphatic rings. The van der Waals surface area contributed by atoms with E-state index in [4.69, 9.17) is 5.73 Å². The van der Waals surface area contributed by atoms with Gasteiger partial charge in [0.25, 0.3) is 0 Å². The Labute approximate surface area is 104 Å². The number of likely N-dealkylation sites (tertiary alicyclic amines) is 1. The van der Waals surface area contributed by atoms with E-state index in [1.807, 2.05) is 17.5 Å². The van der Waals surface area contributed by atoms with E-state index in [1.165, 1.54) is 11.3 Å². The summed E-state index contributed by atoms with van der Waals surface area (Å²) in [5, 5.41) is 1.91. The van der Waals surface area contributed by atoms with Crippen LogP contribution in [0, 0.1) is 5.92 Å². The number of Topliss-reactive ketones (excluding diaryl/α,β-unsaturated/α-hetero) is 1. The van der Waals surface area contributed by atoms with Gasteiger partial charge in [-0.05, 0) is 37.4 Å².